The van der Waals surface area contributed by atoms with Gasteiger partial charge in [0.15, 0.2) is 0 Å². The number of rotatable bonds is 7. The van der Waals surface area contributed by atoms with Crippen molar-refractivity contribution in [1.82, 2.24) is 4.90 Å². The molecule has 142 valence electrons. The van der Waals surface area contributed by atoms with Gasteiger partial charge < -0.3 is 18.8 Å². The van der Waals surface area contributed by atoms with E-state index in [-0.39, 0.29) is 18.1 Å². The molecule has 2 rings (SSSR count). The van der Waals surface area contributed by atoms with Crippen LogP contribution in [0.25, 0.3) is 0 Å². The van der Waals surface area contributed by atoms with E-state index >= 15 is 0 Å². The predicted molar refractivity (Wildman–Crippen MR) is 97.8 cm³/mol. The second-order valence-electron chi connectivity index (χ2n) is 7.85. The first-order valence-corrected chi connectivity index (χ1v) is 9.52. The summed E-state index contributed by atoms with van der Waals surface area (Å²) in [6.07, 6.45) is 8.80. The number of hydrogen-bond acceptors (Lipinski definition) is 4. The van der Waals surface area contributed by atoms with Gasteiger partial charge in [-0.1, -0.05) is 26.2 Å². The number of carbonyl (C=O) groups is 1. The van der Waals surface area contributed by atoms with E-state index in [2.05, 4.69) is 6.92 Å². The molecule has 5 heteroatoms. The van der Waals surface area contributed by atoms with E-state index in [9.17, 15) is 4.79 Å². The van der Waals surface area contributed by atoms with Crippen LogP contribution in [0.15, 0.2) is 23.0 Å². The van der Waals surface area contributed by atoms with Crippen LogP contribution in [0.5, 0.6) is 0 Å². The number of carbonyl (C=O) groups excluding carboxylic acids is 1. The predicted octanol–water partition coefficient (Wildman–Crippen LogP) is 4.97. The van der Waals surface area contributed by atoms with E-state index in [0.717, 1.165) is 25.0 Å². The zero-order valence-electron chi connectivity index (χ0n) is 16.1. The maximum absolute atomic E-state index is 12.4. The van der Waals surface area contributed by atoms with Crippen LogP contribution in [0.1, 0.15) is 71.3 Å². The first kappa shape index (κ1) is 19.8. The number of amides is 1. The molecule has 1 aliphatic rings. The molecule has 2 atom stereocenters. The summed E-state index contributed by atoms with van der Waals surface area (Å²) in [5, 5.41) is 0. The summed E-state index contributed by atoms with van der Waals surface area (Å²) in [7, 11) is 0. The summed E-state index contributed by atoms with van der Waals surface area (Å²) in [5.41, 5.74) is 0.678. The summed E-state index contributed by atoms with van der Waals surface area (Å²) < 4.78 is 17.0. The van der Waals surface area contributed by atoms with Crippen LogP contribution in [0, 0.1) is 0 Å². The molecule has 0 bridgehead atoms. The third-order valence-corrected chi connectivity index (χ3v) is 4.51. The van der Waals surface area contributed by atoms with Crippen molar-refractivity contribution >= 4 is 6.09 Å². The monoisotopic (exact) mass is 351 g/mol. The molecule has 0 N–H and O–H groups in total. The highest BCUT2D eigenvalue weighted by atomic mass is 16.6. The number of ether oxygens (including phenoxy) is 2. The third kappa shape index (κ3) is 6.38. The Morgan fingerprint density at radius 1 is 1.32 bits per heavy atom. The lowest BCUT2D eigenvalue weighted by Crippen LogP contribution is -2.48. The zero-order chi connectivity index (χ0) is 18.3. The summed E-state index contributed by atoms with van der Waals surface area (Å²) in [6, 6.07) is 2.00. The zero-order valence-corrected chi connectivity index (χ0v) is 16.1. The minimum absolute atomic E-state index is 0.0134. The van der Waals surface area contributed by atoms with E-state index in [4.69, 9.17) is 13.9 Å². The highest BCUT2D eigenvalue weighted by molar-refractivity contribution is 5.68. The minimum atomic E-state index is -0.477. The molecule has 1 amide bonds. The van der Waals surface area contributed by atoms with Crippen molar-refractivity contribution in [3.05, 3.63) is 24.2 Å². The fraction of sp³-hybridized carbons (Fsp3) is 0.750. The highest BCUT2D eigenvalue weighted by Gasteiger charge is 2.35. The van der Waals surface area contributed by atoms with Crippen LogP contribution in [0.4, 0.5) is 4.79 Å². The van der Waals surface area contributed by atoms with Crippen molar-refractivity contribution in [2.24, 2.45) is 0 Å². The average Bonchev–Trinajstić information content (AvgIpc) is 3.07. The van der Waals surface area contributed by atoms with E-state index in [0.29, 0.717) is 13.1 Å². The Hall–Kier alpha value is -1.49. The molecule has 1 fully saturated rings. The Balaban J connectivity index is 1.95. The summed E-state index contributed by atoms with van der Waals surface area (Å²) >= 11 is 0. The summed E-state index contributed by atoms with van der Waals surface area (Å²) in [6.45, 7) is 9.87. The van der Waals surface area contributed by atoms with E-state index in [1.165, 1.54) is 19.3 Å². The summed E-state index contributed by atoms with van der Waals surface area (Å²) in [4.78, 5) is 14.2. The molecule has 25 heavy (non-hydrogen) atoms. The number of unbranched alkanes of at least 4 members (excludes halogenated alkanes) is 3. The van der Waals surface area contributed by atoms with Crippen LogP contribution in [-0.4, -0.2) is 42.4 Å². The molecule has 2 heterocycles. The maximum Gasteiger partial charge on any atom is 0.410 e. The molecule has 1 aliphatic heterocycles. The second kappa shape index (κ2) is 9.27. The van der Waals surface area contributed by atoms with Crippen molar-refractivity contribution in [2.75, 3.05) is 19.7 Å². The first-order chi connectivity index (χ1) is 11.9. The molecule has 2 unspecified atom stereocenters. The normalized spacial score (nSPS) is 21.4. The summed E-state index contributed by atoms with van der Waals surface area (Å²) in [5.74, 6) is 0.267. The van der Waals surface area contributed by atoms with Crippen LogP contribution in [-0.2, 0) is 9.47 Å². The molecule has 0 saturated carbocycles. The van der Waals surface area contributed by atoms with Gasteiger partial charge in [-0.2, -0.15) is 0 Å². The van der Waals surface area contributed by atoms with Crippen molar-refractivity contribution in [3.63, 3.8) is 0 Å². The Kier molecular flexibility index (Phi) is 7.36. The molecule has 1 saturated heterocycles. The Labute approximate surface area is 151 Å². The van der Waals surface area contributed by atoms with Crippen molar-refractivity contribution in [1.29, 1.82) is 0 Å². The molecule has 0 aromatic carbocycles. The first-order valence-electron chi connectivity index (χ1n) is 9.52. The molecular formula is C20H33NO4. The van der Waals surface area contributed by atoms with E-state index in [1.54, 1.807) is 17.4 Å². The lowest BCUT2D eigenvalue weighted by Gasteiger charge is -2.38. The number of furan rings is 1. The smallest absolute Gasteiger partial charge is 0.410 e. The molecule has 1 aromatic rings. The minimum Gasteiger partial charge on any atom is -0.472 e. The Morgan fingerprint density at radius 3 is 2.76 bits per heavy atom. The van der Waals surface area contributed by atoms with Gasteiger partial charge in [-0.05, 0) is 45.2 Å². The fourth-order valence-electron chi connectivity index (χ4n) is 3.21. The molecule has 5 nitrogen and oxygen atoms in total. The molecular weight excluding hydrogens is 318 g/mol. The highest BCUT2D eigenvalue weighted by Crippen LogP contribution is 2.31. The van der Waals surface area contributed by atoms with E-state index in [1.807, 2.05) is 26.8 Å². The quantitative estimate of drug-likeness (QED) is 0.651. The average molecular weight is 351 g/mol. The Morgan fingerprint density at radius 2 is 2.12 bits per heavy atom. The van der Waals surface area contributed by atoms with Crippen LogP contribution in [0.3, 0.4) is 0 Å². The van der Waals surface area contributed by atoms with Gasteiger partial charge in [-0.15, -0.1) is 0 Å². The lowest BCUT2D eigenvalue weighted by atomic mass is 9.88. The van der Waals surface area contributed by atoms with Gasteiger partial charge in [0.05, 0.1) is 25.2 Å². The number of piperidine rings is 1. The van der Waals surface area contributed by atoms with Crippen LogP contribution in [0.2, 0.25) is 0 Å². The third-order valence-electron chi connectivity index (χ3n) is 4.51. The van der Waals surface area contributed by atoms with Gasteiger partial charge in [-0.25, -0.2) is 4.79 Å². The Bertz CT molecular complexity index is 506. The van der Waals surface area contributed by atoms with Crippen molar-refractivity contribution < 1.29 is 18.7 Å². The molecule has 1 aromatic heterocycles. The largest absolute Gasteiger partial charge is 0.472 e. The molecule has 0 aliphatic carbocycles. The number of hydrogen-bond donors (Lipinski definition) is 0. The van der Waals surface area contributed by atoms with Gasteiger partial charge in [0.2, 0.25) is 0 Å². The maximum atomic E-state index is 12.4. The number of nitrogens with zero attached hydrogens (tertiary/aromatic N) is 1. The van der Waals surface area contributed by atoms with Gasteiger partial charge in [0, 0.05) is 19.1 Å². The topological polar surface area (TPSA) is 51.9 Å². The van der Waals surface area contributed by atoms with Crippen LogP contribution < -0.4 is 0 Å². The number of likely N-dealkylation sites (tertiary alicyclic amines) is 1. The lowest BCUT2D eigenvalue weighted by molar-refractivity contribution is -0.0307. The van der Waals surface area contributed by atoms with Gasteiger partial charge >= 0.3 is 6.09 Å². The molecule has 0 radical (unpaired) electrons. The van der Waals surface area contributed by atoms with Crippen molar-refractivity contribution in [3.8, 4) is 0 Å². The van der Waals surface area contributed by atoms with Gasteiger partial charge in [0.1, 0.15) is 5.60 Å². The van der Waals surface area contributed by atoms with Gasteiger partial charge in [-0.3, -0.25) is 0 Å². The van der Waals surface area contributed by atoms with Gasteiger partial charge in [0.25, 0.3) is 0 Å². The molecule has 0 spiro atoms. The SMILES string of the molecule is CCCCCCOC1CN(C(=O)OC(C)(C)C)CCC1c1ccoc1. The van der Waals surface area contributed by atoms with Crippen molar-refractivity contribution in [2.45, 2.75) is 77.4 Å². The van der Waals surface area contributed by atoms with E-state index < -0.39 is 5.60 Å². The standard InChI is InChI=1S/C20H33NO4/c1-5-6-7-8-12-24-18-14-21(19(22)25-20(2,3)4)11-9-17(18)16-10-13-23-15-16/h10,13,15,17-18H,5-9,11-12,14H2,1-4H3. The second-order valence-corrected chi connectivity index (χ2v) is 7.85. The fourth-order valence-corrected chi connectivity index (χ4v) is 3.21. The van der Waals surface area contributed by atoms with Crippen LogP contribution >= 0.6 is 0 Å².